The maximum atomic E-state index is 12.1. The fraction of sp³-hybridized carbons (Fsp3) is 0.286. The van der Waals surface area contributed by atoms with Crippen LogP contribution in [-0.2, 0) is 9.47 Å². The number of ether oxygens (including phenoxy) is 2. The van der Waals surface area contributed by atoms with Gasteiger partial charge in [0.2, 0.25) is 0 Å². The van der Waals surface area contributed by atoms with Crippen LogP contribution < -0.4 is 11.1 Å². The minimum Gasteiger partial charge on any atom is -0.395 e. The number of carbonyl (C=O) groups excluding carboxylic acids is 1. The van der Waals surface area contributed by atoms with Gasteiger partial charge in [-0.3, -0.25) is 9.89 Å². The third-order valence-electron chi connectivity index (χ3n) is 3.27. The maximum Gasteiger partial charge on any atom is 0.278 e. The Morgan fingerprint density at radius 2 is 2.00 bits per heavy atom. The van der Waals surface area contributed by atoms with E-state index in [1.54, 1.807) is 19.1 Å². The van der Waals surface area contributed by atoms with Gasteiger partial charge in [0.25, 0.3) is 5.91 Å². The summed E-state index contributed by atoms with van der Waals surface area (Å²) in [6.45, 7) is 2.96. The van der Waals surface area contributed by atoms with Crippen LogP contribution in [0.1, 0.15) is 28.0 Å². The van der Waals surface area contributed by atoms with Crippen LogP contribution in [0.15, 0.2) is 24.3 Å². The molecule has 1 saturated heterocycles. The van der Waals surface area contributed by atoms with Crippen molar-refractivity contribution < 1.29 is 14.3 Å². The first-order chi connectivity index (χ1) is 10.1. The van der Waals surface area contributed by atoms with Crippen LogP contribution in [0.3, 0.4) is 0 Å². The second-order valence-corrected chi connectivity index (χ2v) is 4.76. The lowest BCUT2D eigenvalue weighted by atomic mass is 10.2. The molecule has 0 atom stereocenters. The maximum absolute atomic E-state index is 12.1. The summed E-state index contributed by atoms with van der Waals surface area (Å²) in [5.41, 5.74) is 8.57. The van der Waals surface area contributed by atoms with Gasteiger partial charge in [-0.2, -0.15) is 5.10 Å². The lowest BCUT2D eigenvalue weighted by molar-refractivity contribution is -0.0441. The predicted molar refractivity (Wildman–Crippen MR) is 76.8 cm³/mol. The van der Waals surface area contributed by atoms with E-state index in [2.05, 4.69) is 15.5 Å². The molecule has 0 unspecified atom stereocenters. The number of carbonyl (C=O) groups is 1. The monoisotopic (exact) mass is 288 g/mol. The van der Waals surface area contributed by atoms with Crippen molar-refractivity contribution in [2.24, 2.45) is 0 Å². The molecule has 2 aromatic rings. The van der Waals surface area contributed by atoms with Crippen molar-refractivity contribution in [3.05, 3.63) is 41.2 Å². The molecule has 7 heteroatoms. The van der Waals surface area contributed by atoms with Gasteiger partial charge in [0, 0.05) is 11.3 Å². The van der Waals surface area contributed by atoms with Gasteiger partial charge < -0.3 is 20.5 Å². The molecule has 0 aliphatic carbocycles. The molecule has 4 N–H and O–H groups in total. The summed E-state index contributed by atoms with van der Waals surface area (Å²) in [5.74, 6) is -0.349. The molecule has 1 aliphatic rings. The summed E-state index contributed by atoms with van der Waals surface area (Å²) < 4.78 is 10.8. The van der Waals surface area contributed by atoms with E-state index in [4.69, 9.17) is 15.2 Å². The molecular formula is C14H16N4O3. The molecule has 3 rings (SSSR count). The standard InChI is InChI=1S/C14H16N4O3/c1-8-11(15)12(18-17-8)13(19)16-10-4-2-9(3-5-10)14-20-6-7-21-14/h2-5,14H,6-7,15H2,1H3,(H,16,19)(H,17,18). The summed E-state index contributed by atoms with van der Waals surface area (Å²) in [5, 5.41) is 9.32. The van der Waals surface area contributed by atoms with Crippen LogP contribution in [0.5, 0.6) is 0 Å². The van der Waals surface area contributed by atoms with Gasteiger partial charge in [0.05, 0.1) is 24.6 Å². The summed E-state index contributed by atoms with van der Waals surface area (Å²) in [6.07, 6.45) is -0.320. The van der Waals surface area contributed by atoms with Crippen molar-refractivity contribution >= 4 is 17.3 Å². The molecule has 1 aliphatic heterocycles. The average molecular weight is 288 g/mol. The Kier molecular flexibility index (Phi) is 3.59. The largest absolute Gasteiger partial charge is 0.395 e. The van der Waals surface area contributed by atoms with Crippen LogP contribution in [0.4, 0.5) is 11.4 Å². The van der Waals surface area contributed by atoms with E-state index >= 15 is 0 Å². The van der Waals surface area contributed by atoms with Gasteiger partial charge in [0.1, 0.15) is 0 Å². The fourth-order valence-electron chi connectivity index (χ4n) is 2.08. The van der Waals surface area contributed by atoms with E-state index in [0.717, 1.165) is 5.56 Å². The van der Waals surface area contributed by atoms with Gasteiger partial charge in [-0.25, -0.2) is 0 Å². The molecule has 21 heavy (non-hydrogen) atoms. The molecule has 1 amide bonds. The lowest BCUT2D eigenvalue weighted by Crippen LogP contribution is -2.14. The number of rotatable bonds is 3. The first-order valence-electron chi connectivity index (χ1n) is 6.60. The smallest absolute Gasteiger partial charge is 0.278 e. The Balaban J connectivity index is 1.70. The number of aromatic nitrogens is 2. The molecule has 1 aromatic heterocycles. The Labute approximate surface area is 121 Å². The number of amides is 1. The number of hydrogen-bond acceptors (Lipinski definition) is 5. The molecule has 0 saturated carbocycles. The van der Waals surface area contributed by atoms with E-state index in [0.29, 0.717) is 30.3 Å². The van der Waals surface area contributed by atoms with Crippen LogP contribution in [0, 0.1) is 6.92 Å². The first-order valence-corrected chi connectivity index (χ1v) is 6.60. The number of anilines is 2. The van der Waals surface area contributed by atoms with E-state index in [9.17, 15) is 4.79 Å². The third-order valence-corrected chi connectivity index (χ3v) is 3.27. The molecule has 1 fully saturated rings. The number of aryl methyl sites for hydroxylation is 1. The molecule has 0 spiro atoms. The van der Waals surface area contributed by atoms with Gasteiger partial charge in [0.15, 0.2) is 12.0 Å². The SMILES string of the molecule is Cc1[nH]nc(C(=O)Nc2ccc(C3OCCO3)cc2)c1N. The highest BCUT2D eigenvalue weighted by molar-refractivity contribution is 6.06. The number of H-pyrrole nitrogens is 1. The molecule has 0 bridgehead atoms. The van der Waals surface area contributed by atoms with Gasteiger partial charge in [-0.1, -0.05) is 12.1 Å². The topological polar surface area (TPSA) is 102 Å². The molecule has 1 aromatic carbocycles. The Bertz CT molecular complexity index is 645. The van der Waals surface area contributed by atoms with Crippen LogP contribution in [0.2, 0.25) is 0 Å². The highest BCUT2D eigenvalue weighted by Crippen LogP contribution is 2.24. The highest BCUT2D eigenvalue weighted by Gasteiger charge is 2.19. The second-order valence-electron chi connectivity index (χ2n) is 4.76. The van der Waals surface area contributed by atoms with Gasteiger partial charge in [-0.15, -0.1) is 0 Å². The zero-order chi connectivity index (χ0) is 14.8. The Morgan fingerprint density at radius 1 is 1.33 bits per heavy atom. The predicted octanol–water partition coefficient (Wildman–Crippen LogP) is 1.60. The van der Waals surface area contributed by atoms with E-state index in [-0.39, 0.29) is 17.9 Å². The van der Waals surface area contributed by atoms with Crippen LogP contribution in [0.25, 0.3) is 0 Å². The van der Waals surface area contributed by atoms with Crippen molar-refractivity contribution in [2.45, 2.75) is 13.2 Å². The van der Waals surface area contributed by atoms with Crippen molar-refractivity contribution in [3.8, 4) is 0 Å². The van der Waals surface area contributed by atoms with Crippen LogP contribution in [-0.4, -0.2) is 29.3 Å². The number of nitrogens with zero attached hydrogens (tertiary/aromatic N) is 1. The lowest BCUT2D eigenvalue weighted by Gasteiger charge is -2.10. The zero-order valence-corrected chi connectivity index (χ0v) is 11.6. The quantitative estimate of drug-likeness (QED) is 0.796. The number of nitrogen functional groups attached to an aromatic ring is 1. The third kappa shape index (κ3) is 2.74. The second kappa shape index (κ2) is 5.55. The van der Waals surface area contributed by atoms with E-state index in [1.807, 2.05) is 12.1 Å². The first kappa shape index (κ1) is 13.6. The minimum atomic E-state index is -0.349. The van der Waals surface area contributed by atoms with E-state index in [1.165, 1.54) is 0 Å². The highest BCUT2D eigenvalue weighted by atomic mass is 16.7. The van der Waals surface area contributed by atoms with Crippen LogP contribution >= 0.6 is 0 Å². The number of nitrogens with one attached hydrogen (secondary N) is 2. The Hall–Kier alpha value is -2.38. The molecule has 2 heterocycles. The van der Waals surface area contributed by atoms with E-state index < -0.39 is 0 Å². The fourth-order valence-corrected chi connectivity index (χ4v) is 2.08. The normalized spacial score (nSPS) is 15.3. The van der Waals surface area contributed by atoms with Crippen molar-refractivity contribution in [1.29, 1.82) is 0 Å². The summed E-state index contributed by atoms with van der Waals surface area (Å²) in [7, 11) is 0. The minimum absolute atomic E-state index is 0.194. The zero-order valence-electron chi connectivity index (χ0n) is 11.6. The summed E-state index contributed by atoms with van der Waals surface area (Å²) in [6, 6.07) is 7.28. The molecule has 110 valence electrons. The van der Waals surface area contributed by atoms with Gasteiger partial charge in [-0.05, 0) is 19.1 Å². The summed E-state index contributed by atoms with van der Waals surface area (Å²) >= 11 is 0. The van der Waals surface area contributed by atoms with Gasteiger partial charge >= 0.3 is 0 Å². The van der Waals surface area contributed by atoms with Crippen molar-refractivity contribution in [1.82, 2.24) is 10.2 Å². The van der Waals surface area contributed by atoms with Crippen molar-refractivity contribution in [3.63, 3.8) is 0 Å². The number of hydrogen-bond donors (Lipinski definition) is 3. The molecular weight excluding hydrogens is 272 g/mol. The number of benzene rings is 1. The molecule has 7 nitrogen and oxygen atoms in total. The average Bonchev–Trinajstić information content (AvgIpc) is 3.11. The number of aromatic amines is 1. The summed E-state index contributed by atoms with van der Waals surface area (Å²) in [4.78, 5) is 12.1. The Morgan fingerprint density at radius 3 is 2.57 bits per heavy atom. The van der Waals surface area contributed by atoms with Crippen molar-refractivity contribution in [2.75, 3.05) is 24.3 Å². The number of nitrogens with two attached hydrogens (primary N) is 1. The molecule has 0 radical (unpaired) electrons.